The molecule has 0 saturated heterocycles. The maximum Gasteiger partial charge on any atom is 0.216 e. The molecule has 1 heterocycles. The lowest BCUT2D eigenvalue weighted by Crippen LogP contribution is -2.12. The van der Waals surface area contributed by atoms with E-state index < -0.39 is 0 Å². The minimum absolute atomic E-state index is 0.196. The van der Waals surface area contributed by atoms with Crippen LogP contribution in [-0.4, -0.2) is 27.9 Å². The number of benzene rings is 1. The molecule has 0 saturated carbocycles. The highest BCUT2D eigenvalue weighted by Crippen LogP contribution is 2.25. The van der Waals surface area contributed by atoms with Gasteiger partial charge in [-0.05, 0) is 24.6 Å². The minimum Gasteiger partial charge on any atom is -0.496 e. The standard InChI is InChI=1S/C13H14ClN3O2/c1-3-6-17-11(8-15-16-17)13(18)10-7-9(14)4-5-12(10)19-2/h4-5,7-8H,3,6H2,1-2H3. The molecule has 0 spiro atoms. The van der Waals surface area contributed by atoms with Crippen LogP contribution in [0.1, 0.15) is 29.4 Å². The van der Waals surface area contributed by atoms with Crippen LogP contribution in [0.15, 0.2) is 24.4 Å². The number of methoxy groups -OCH3 is 1. The molecule has 100 valence electrons. The topological polar surface area (TPSA) is 57.0 Å². The van der Waals surface area contributed by atoms with Gasteiger partial charge in [0.2, 0.25) is 5.78 Å². The number of ketones is 1. The highest BCUT2D eigenvalue weighted by Gasteiger charge is 2.19. The van der Waals surface area contributed by atoms with Crippen LogP contribution >= 0.6 is 11.6 Å². The van der Waals surface area contributed by atoms with Crippen molar-refractivity contribution in [2.45, 2.75) is 19.9 Å². The van der Waals surface area contributed by atoms with Crippen LogP contribution in [0.3, 0.4) is 0 Å². The number of ether oxygens (including phenoxy) is 1. The summed E-state index contributed by atoms with van der Waals surface area (Å²) in [7, 11) is 1.52. The lowest BCUT2D eigenvalue weighted by molar-refractivity contribution is 0.102. The second-order valence-corrected chi connectivity index (χ2v) is 4.45. The van der Waals surface area contributed by atoms with Crippen LogP contribution < -0.4 is 4.74 Å². The zero-order valence-corrected chi connectivity index (χ0v) is 11.5. The maximum absolute atomic E-state index is 12.5. The van der Waals surface area contributed by atoms with Gasteiger partial charge in [0.1, 0.15) is 11.4 Å². The Hall–Kier alpha value is -1.88. The summed E-state index contributed by atoms with van der Waals surface area (Å²) in [5.41, 5.74) is 0.845. The number of carbonyl (C=O) groups is 1. The van der Waals surface area contributed by atoms with Gasteiger partial charge in [0.05, 0.1) is 18.9 Å². The first-order valence-corrected chi connectivity index (χ1v) is 6.32. The molecule has 0 unspecified atom stereocenters. The minimum atomic E-state index is -0.196. The van der Waals surface area contributed by atoms with Crippen molar-refractivity contribution in [3.8, 4) is 5.75 Å². The third-order valence-electron chi connectivity index (χ3n) is 2.69. The highest BCUT2D eigenvalue weighted by molar-refractivity contribution is 6.31. The summed E-state index contributed by atoms with van der Waals surface area (Å²) in [4.78, 5) is 12.5. The second kappa shape index (κ2) is 5.84. The van der Waals surface area contributed by atoms with Gasteiger partial charge in [-0.15, -0.1) is 5.10 Å². The summed E-state index contributed by atoms with van der Waals surface area (Å²) in [6.45, 7) is 2.65. The first-order chi connectivity index (χ1) is 9.17. The fraction of sp³-hybridized carbons (Fsp3) is 0.308. The monoisotopic (exact) mass is 279 g/mol. The molecule has 0 atom stereocenters. The molecule has 1 aromatic heterocycles. The van der Waals surface area contributed by atoms with Crippen molar-refractivity contribution in [3.63, 3.8) is 0 Å². The fourth-order valence-electron chi connectivity index (χ4n) is 1.81. The Kier molecular flexibility index (Phi) is 4.16. The molecular formula is C13H14ClN3O2. The van der Waals surface area contributed by atoms with Gasteiger partial charge in [0, 0.05) is 11.6 Å². The number of hydrogen-bond donors (Lipinski definition) is 0. The third kappa shape index (κ3) is 2.76. The number of aromatic nitrogens is 3. The van der Waals surface area contributed by atoms with Gasteiger partial charge in [0.15, 0.2) is 0 Å². The summed E-state index contributed by atoms with van der Waals surface area (Å²) in [6, 6.07) is 4.94. The van der Waals surface area contributed by atoms with Crippen molar-refractivity contribution in [2.24, 2.45) is 0 Å². The van der Waals surface area contributed by atoms with E-state index in [4.69, 9.17) is 16.3 Å². The summed E-state index contributed by atoms with van der Waals surface area (Å²) in [5, 5.41) is 8.17. The lowest BCUT2D eigenvalue weighted by Gasteiger charge is -2.08. The average molecular weight is 280 g/mol. The molecule has 6 heteroatoms. The van der Waals surface area contributed by atoms with Gasteiger partial charge in [-0.25, -0.2) is 4.68 Å². The molecule has 0 amide bonds. The summed E-state index contributed by atoms with van der Waals surface area (Å²) < 4.78 is 6.78. The van der Waals surface area contributed by atoms with E-state index in [-0.39, 0.29) is 5.78 Å². The lowest BCUT2D eigenvalue weighted by atomic mass is 10.1. The van der Waals surface area contributed by atoms with Crippen LogP contribution in [0.2, 0.25) is 5.02 Å². The molecule has 0 aliphatic heterocycles. The zero-order valence-electron chi connectivity index (χ0n) is 10.8. The van der Waals surface area contributed by atoms with Gasteiger partial charge in [-0.3, -0.25) is 4.79 Å². The SMILES string of the molecule is CCCn1nncc1C(=O)c1cc(Cl)ccc1OC. The van der Waals surface area contributed by atoms with E-state index in [2.05, 4.69) is 10.3 Å². The van der Waals surface area contributed by atoms with Crippen molar-refractivity contribution in [1.29, 1.82) is 0 Å². The number of nitrogens with zero attached hydrogens (tertiary/aromatic N) is 3. The van der Waals surface area contributed by atoms with Crippen molar-refractivity contribution >= 4 is 17.4 Å². The molecule has 2 aromatic rings. The number of aryl methyl sites for hydroxylation is 1. The van der Waals surface area contributed by atoms with Gasteiger partial charge < -0.3 is 4.74 Å². The Morgan fingerprint density at radius 1 is 1.47 bits per heavy atom. The Balaban J connectivity index is 2.43. The smallest absolute Gasteiger partial charge is 0.216 e. The van der Waals surface area contributed by atoms with Crippen LogP contribution in [0.25, 0.3) is 0 Å². The van der Waals surface area contributed by atoms with E-state index in [0.29, 0.717) is 28.6 Å². The van der Waals surface area contributed by atoms with Gasteiger partial charge in [0.25, 0.3) is 0 Å². The molecule has 1 aromatic carbocycles. The largest absolute Gasteiger partial charge is 0.496 e. The molecule has 19 heavy (non-hydrogen) atoms. The Morgan fingerprint density at radius 2 is 2.26 bits per heavy atom. The molecule has 2 rings (SSSR count). The van der Waals surface area contributed by atoms with E-state index in [1.165, 1.54) is 13.3 Å². The van der Waals surface area contributed by atoms with E-state index >= 15 is 0 Å². The summed E-state index contributed by atoms with van der Waals surface area (Å²) in [5.74, 6) is 0.288. The van der Waals surface area contributed by atoms with Crippen LogP contribution in [-0.2, 0) is 6.54 Å². The Labute approximate surface area is 116 Å². The average Bonchev–Trinajstić information content (AvgIpc) is 2.86. The molecule has 0 aliphatic carbocycles. The number of rotatable bonds is 5. The number of halogens is 1. The van der Waals surface area contributed by atoms with Gasteiger partial charge >= 0.3 is 0 Å². The molecule has 5 nitrogen and oxygen atoms in total. The third-order valence-corrected chi connectivity index (χ3v) is 2.93. The molecule has 0 fully saturated rings. The molecule has 0 bridgehead atoms. The van der Waals surface area contributed by atoms with Crippen molar-refractivity contribution in [2.75, 3.05) is 7.11 Å². The van der Waals surface area contributed by atoms with Crippen molar-refractivity contribution in [1.82, 2.24) is 15.0 Å². The Morgan fingerprint density at radius 3 is 2.95 bits per heavy atom. The van der Waals surface area contributed by atoms with E-state index in [0.717, 1.165) is 6.42 Å². The first kappa shape index (κ1) is 13.5. The number of carbonyl (C=O) groups excluding carboxylic acids is 1. The second-order valence-electron chi connectivity index (χ2n) is 4.02. The summed E-state index contributed by atoms with van der Waals surface area (Å²) >= 11 is 5.93. The van der Waals surface area contributed by atoms with Gasteiger partial charge in [-0.2, -0.15) is 0 Å². The first-order valence-electron chi connectivity index (χ1n) is 5.94. The van der Waals surface area contributed by atoms with E-state index in [9.17, 15) is 4.79 Å². The normalized spacial score (nSPS) is 10.5. The van der Waals surface area contributed by atoms with Crippen molar-refractivity contribution in [3.05, 3.63) is 40.7 Å². The molecule has 0 N–H and O–H groups in total. The molecule has 0 radical (unpaired) electrons. The fourth-order valence-corrected chi connectivity index (χ4v) is 1.98. The molecular weight excluding hydrogens is 266 g/mol. The summed E-state index contributed by atoms with van der Waals surface area (Å²) in [6.07, 6.45) is 2.33. The predicted molar refractivity (Wildman–Crippen MR) is 71.7 cm³/mol. The van der Waals surface area contributed by atoms with Gasteiger partial charge in [-0.1, -0.05) is 23.7 Å². The van der Waals surface area contributed by atoms with Crippen molar-refractivity contribution < 1.29 is 9.53 Å². The van der Waals surface area contributed by atoms with E-state index in [1.54, 1.807) is 22.9 Å². The van der Waals surface area contributed by atoms with E-state index in [1.807, 2.05) is 6.92 Å². The quantitative estimate of drug-likeness (QED) is 0.790. The maximum atomic E-state index is 12.5. The Bertz CT molecular complexity index is 595. The number of hydrogen-bond acceptors (Lipinski definition) is 4. The van der Waals surface area contributed by atoms with Crippen LogP contribution in [0.4, 0.5) is 0 Å². The highest BCUT2D eigenvalue weighted by atomic mass is 35.5. The van der Waals surface area contributed by atoms with Crippen LogP contribution in [0.5, 0.6) is 5.75 Å². The predicted octanol–water partition coefficient (Wildman–Crippen LogP) is 2.58. The zero-order chi connectivity index (χ0) is 13.8. The van der Waals surface area contributed by atoms with Crippen LogP contribution in [0, 0.1) is 0 Å². The molecule has 0 aliphatic rings.